The lowest BCUT2D eigenvalue weighted by Crippen LogP contribution is -2.49. The molecule has 1 amide bonds. The summed E-state index contributed by atoms with van der Waals surface area (Å²) in [5.74, 6) is -10.6. The van der Waals surface area contributed by atoms with E-state index in [-0.39, 0.29) is 6.07 Å². The standard InChI is InChI=1S/C11H9F4NO3/c1-11(2,10(18)19)16-9(17)4-3-5(12)7(14)8(15)6(4)13/h3H,1-2H3,(H,16,17)(H,18,19). The molecule has 19 heavy (non-hydrogen) atoms. The minimum Gasteiger partial charge on any atom is -0.480 e. The Morgan fingerprint density at radius 1 is 1.11 bits per heavy atom. The van der Waals surface area contributed by atoms with Gasteiger partial charge in [-0.3, -0.25) is 4.79 Å². The number of aliphatic carboxylic acids is 1. The van der Waals surface area contributed by atoms with Gasteiger partial charge in [0.25, 0.3) is 5.91 Å². The summed E-state index contributed by atoms with van der Waals surface area (Å²) in [6, 6.07) is 0.154. The monoisotopic (exact) mass is 279 g/mol. The van der Waals surface area contributed by atoms with E-state index in [1.165, 1.54) is 0 Å². The van der Waals surface area contributed by atoms with E-state index in [9.17, 15) is 27.2 Å². The summed E-state index contributed by atoms with van der Waals surface area (Å²) in [6.45, 7) is 2.17. The van der Waals surface area contributed by atoms with Crippen LogP contribution in [0.25, 0.3) is 0 Å². The Morgan fingerprint density at radius 2 is 1.63 bits per heavy atom. The van der Waals surface area contributed by atoms with Crippen molar-refractivity contribution in [2.24, 2.45) is 0 Å². The van der Waals surface area contributed by atoms with Crippen LogP contribution >= 0.6 is 0 Å². The van der Waals surface area contributed by atoms with Crippen molar-refractivity contribution < 1.29 is 32.3 Å². The molecule has 1 aromatic carbocycles. The molecule has 2 N–H and O–H groups in total. The number of rotatable bonds is 3. The van der Waals surface area contributed by atoms with Gasteiger partial charge >= 0.3 is 5.97 Å². The fourth-order valence-electron chi connectivity index (χ4n) is 1.14. The average molecular weight is 279 g/mol. The van der Waals surface area contributed by atoms with Gasteiger partial charge in [-0.2, -0.15) is 0 Å². The predicted molar refractivity (Wildman–Crippen MR) is 55.5 cm³/mol. The maximum atomic E-state index is 13.3. The molecule has 8 heteroatoms. The van der Waals surface area contributed by atoms with Crippen molar-refractivity contribution in [3.05, 3.63) is 34.9 Å². The molecule has 0 aromatic heterocycles. The number of amides is 1. The minimum atomic E-state index is -2.14. The molecule has 1 rings (SSSR count). The van der Waals surface area contributed by atoms with Crippen LogP contribution in [-0.2, 0) is 4.79 Å². The van der Waals surface area contributed by atoms with Gasteiger partial charge in [-0.15, -0.1) is 0 Å². The van der Waals surface area contributed by atoms with Gasteiger partial charge < -0.3 is 10.4 Å². The number of carboxylic acids is 1. The third-order valence-corrected chi connectivity index (χ3v) is 2.31. The highest BCUT2D eigenvalue weighted by molar-refractivity contribution is 5.97. The van der Waals surface area contributed by atoms with Gasteiger partial charge in [-0.1, -0.05) is 0 Å². The Hall–Kier alpha value is -2.12. The van der Waals surface area contributed by atoms with Gasteiger partial charge in [0.05, 0.1) is 5.56 Å². The highest BCUT2D eigenvalue weighted by Crippen LogP contribution is 2.19. The topological polar surface area (TPSA) is 66.4 Å². The number of carbonyl (C=O) groups excluding carboxylic acids is 1. The zero-order valence-corrected chi connectivity index (χ0v) is 9.85. The average Bonchev–Trinajstić information content (AvgIpc) is 2.30. The lowest BCUT2D eigenvalue weighted by molar-refractivity contribution is -0.143. The van der Waals surface area contributed by atoms with E-state index in [0.29, 0.717) is 0 Å². The van der Waals surface area contributed by atoms with Crippen LogP contribution in [0, 0.1) is 23.3 Å². The van der Waals surface area contributed by atoms with Crippen molar-refractivity contribution >= 4 is 11.9 Å². The summed E-state index contributed by atoms with van der Waals surface area (Å²) in [7, 11) is 0. The minimum absolute atomic E-state index is 0.154. The lowest BCUT2D eigenvalue weighted by Gasteiger charge is -2.21. The Balaban J connectivity index is 3.19. The van der Waals surface area contributed by atoms with Crippen LogP contribution < -0.4 is 5.32 Å². The number of halogens is 4. The summed E-state index contributed by atoms with van der Waals surface area (Å²) in [5, 5.41) is 10.6. The molecule has 0 heterocycles. The molecule has 0 atom stereocenters. The predicted octanol–water partition coefficient (Wildman–Crippen LogP) is 1.84. The van der Waals surface area contributed by atoms with Crippen LogP contribution in [0.15, 0.2) is 6.07 Å². The van der Waals surface area contributed by atoms with Crippen LogP contribution in [0.1, 0.15) is 24.2 Å². The first-order valence-corrected chi connectivity index (χ1v) is 4.97. The van der Waals surface area contributed by atoms with E-state index in [1.807, 2.05) is 5.32 Å². The number of hydrogen-bond donors (Lipinski definition) is 2. The maximum Gasteiger partial charge on any atom is 0.328 e. The van der Waals surface area contributed by atoms with Gasteiger partial charge in [-0.25, -0.2) is 22.4 Å². The SMILES string of the molecule is CC(C)(NC(=O)c1cc(F)c(F)c(F)c1F)C(=O)O. The quantitative estimate of drug-likeness (QED) is 0.504. The number of hydrogen-bond acceptors (Lipinski definition) is 2. The highest BCUT2D eigenvalue weighted by Gasteiger charge is 2.31. The Kier molecular flexibility index (Phi) is 3.83. The van der Waals surface area contributed by atoms with Gasteiger partial charge in [0.15, 0.2) is 23.3 Å². The summed E-state index contributed by atoms with van der Waals surface area (Å²) < 4.78 is 51.8. The molecule has 0 radical (unpaired) electrons. The Bertz CT molecular complexity index is 557. The second-order valence-corrected chi connectivity index (χ2v) is 4.23. The van der Waals surface area contributed by atoms with E-state index < -0.39 is 46.2 Å². The molecule has 0 aliphatic rings. The zero-order chi connectivity index (χ0) is 15.0. The molecular weight excluding hydrogens is 270 g/mol. The van der Waals surface area contributed by atoms with Crippen molar-refractivity contribution in [3.8, 4) is 0 Å². The van der Waals surface area contributed by atoms with Crippen molar-refractivity contribution in [2.45, 2.75) is 19.4 Å². The lowest BCUT2D eigenvalue weighted by atomic mass is 10.0. The van der Waals surface area contributed by atoms with Crippen molar-refractivity contribution in [1.29, 1.82) is 0 Å². The van der Waals surface area contributed by atoms with Crippen LogP contribution in [0.2, 0.25) is 0 Å². The normalized spacial score (nSPS) is 11.3. The molecule has 0 bridgehead atoms. The fourth-order valence-corrected chi connectivity index (χ4v) is 1.14. The van der Waals surface area contributed by atoms with E-state index in [2.05, 4.69) is 0 Å². The third-order valence-electron chi connectivity index (χ3n) is 2.31. The second-order valence-electron chi connectivity index (χ2n) is 4.23. The molecule has 104 valence electrons. The van der Waals surface area contributed by atoms with Crippen LogP contribution in [-0.4, -0.2) is 22.5 Å². The largest absolute Gasteiger partial charge is 0.480 e. The molecular formula is C11H9F4NO3. The smallest absolute Gasteiger partial charge is 0.328 e. The number of benzene rings is 1. The van der Waals surface area contributed by atoms with Gasteiger partial charge in [0.1, 0.15) is 5.54 Å². The molecule has 0 unspecified atom stereocenters. The molecule has 0 aliphatic carbocycles. The second kappa shape index (κ2) is 4.87. The maximum absolute atomic E-state index is 13.3. The highest BCUT2D eigenvalue weighted by atomic mass is 19.2. The molecule has 0 aliphatic heterocycles. The van der Waals surface area contributed by atoms with Gasteiger partial charge in [-0.05, 0) is 19.9 Å². The first kappa shape index (κ1) is 14.9. The first-order chi connectivity index (χ1) is 8.58. The van der Waals surface area contributed by atoms with E-state index in [1.54, 1.807) is 0 Å². The summed E-state index contributed by atoms with van der Waals surface area (Å²) >= 11 is 0. The van der Waals surface area contributed by atoms with E-state index in [0.717, 1.165) is 13.8 Å². The molecule has 4 nitrogen and oxygen atoms in total. The van der Waals surface area contributed by atoms with Crippen LogP contribution in [0.4, 0.5) is 17.6 Å². The van der Waals surface area contributed by atoms with E-state index in [4.69, 9.17) is 5.11 Å². The summed E-state index contributed by atoms with van der Waals surface area (Å²) in [4.78, 5) is 22.3. The summed E-state index contributed by atoms with van der Waals surface area (Å²) in [5.41, 5.74) is -2.91. The van der Waals surface area contributed by atoms with Gasteiger partial charge in [0, 0.05) is 0 Å². The Morgan fingerprint density at radius 3 is 2.11 bits per heavy atom. The van der Waals surface area contributed by atoms with Crippen molar-refractivity contribution in [2.75, 3.05) is 0 Å². The van der Waals surface area contributed by atoms with Gasteiger partial charge in [0.2, 0.25) is 0 Å². The Labute approximate surface area is 105 Å². The zero-order valence-electron chi connectivity index (χ0n) is 9.85. The molecule has 1 aromatic rings. The number of carboxylic acid groups (broad SMARTS) is 1. The van der Waals surface area contributed by atoms with Crippen molar-refractivity contribution in [3.63, 3.8) is 0 Å². The number of nitrogens with one attached hydrogen (secondary N) is 1. The third kappa shape index (κ3) is 2.83. The van der Waals surface area contributed by atoms with E-state index >= 15 is 0 Å². The van der Waals surface area contributed by atoms with Crippen molar-refractivity contribution in [1.82, 2.24) is 5.32 Å². The molecule has 0 fully saturated rings. The molecule has 0 saturated heterocycles. The molecule has 0 saturated carbocycles. The fraction of sp³-hybridized carbons (Fsp3) is 0.273. The number of carbonyl (C=O) groups is 2. The van der Waals surface area contributed by atoms with Crippen LogP contribution in [0.3, 0.4) is 0 Å². The summed E-state index contributed by atoms with van der Waals surface area (Å²) in [6.07, 6.45) is 0. The molecule has 0 spiro atoms. The first-order valence-electron chi connectivity index (χ1n) is 4.97. The van der Waals surface area contributed by atoms with Crippen LogP contribution in [0.5, 0.6) is 0 Å².